The van der Waals surface area contributed by atoms with Crippen LogP contribution in [0.2, 0.25) is 0 Å². The molecule has 0 heterocycles. The van der Waals surface area contributed by atoms with E-state index in [4.69, 9.17) is 4.84 Å². The van der Waals surface area contributed by atoms with E-state index in [1.54, 1.807) is 0 Å². The number of nitrogens with zero attached hydrogens (tertiary/aromatic N) is 1. The van der Waals surface area contributed by atoms with E-state index in [9.17, 15) is 0 Å². The van der Waals surface area contributed by atoms with E-state index in [2.05, 4.69) is 18.3 Å². The molecule has 2 nitrogen and oxygen atoms in total. The van der Waals surface area contributed by atoms with Crippen molar-refractivity contribution >= 4 is 6.21 Å². The number of rotatable bonds is 7. The molecule has 0 aliphatic rings. The van der Waals surface area contributed by atoms with Gasteiger partial charge < -0.3 is 4.84 Å². The molecule has 0 aromatic rings. The first-order valence-corrected chi connectivity index (χ1v) is 4.46. The summed E-state index contributed by atoms with van der Waals surface area (Å²) in [4.78, 5) is 4.93. The summed E-state index contributed by atoms with van der Waals surface area (Å²) in [7, 11) is 0. The molecule has 0 aromatic carbocycles. The van der Waals surface area contributed by atoms with Gasteiger partial charge in [0.25, 0.3) is 0 Å². The maximum Gasteiger partial charge on any atom is 0.117 e. The van der Waals surface area contributed by atoms with Gasteiger partial charge in [-0.15, -0.1) is 0 Å². The topological polar surface area (TPSA) is 21.6 Å². The largest absolute Gasteiger partial charge is 0.396 e. The first-order chi connectivity index (χ1) is 5.41. The molecular formula is C9H18NO. The molecule has 0 spiro atoms. The lowest BCUT2D eigenvalue weighted by Crippen LogP contribution is -1.87. The summed E-state index contributed by atoms with van der Waals surface area (Å²) >= 11 is 0. The van der Waals surface area contributed by atoms with Crippen LogP contribution in [0.25, 0.3) is 0 Å². The highest BCUT2D eigenvalue weighted by molar-refractivity contribution is 5.55. The second-order valence-electron chi connectivity index (χ2n) is 2.50. The third-order valence-corrected chi connectivity index (χ3v) is 1.38. The smallest absolute Gasteiger partial charge is 0.117 e. The van der Waals surface area contributed by atoms with Gasteiger partial charge in [0.15, 0.2) is 0 Å². The van der Waals surface area contributed by atoms with Gasteiger partial charge in [-0.1, -0.05) is 31.8 Å². The monoisotopic (exact) mass is 156 g/mol. The Bertz CT molecular complexity index is 91.6. The standard InChI is InChI=1S/C9H18NO/c1-3-5-6-7-9-11-10-8-4-2/h3-7,9H2,1-2H3. The lowest BCUT2D eigenvalue weighted by molar-refractivity contribution is 0.140. The molecule has 0 bridgehead atoms. The molecule has 0 rings (SSSR count). The van der Waals surface area contributed by atoms with Gasteiger partial charge in [-0.3, -0.25) is 0 Å². The normalized spacial score (nSPS) is 10.7. The molecule has 11 heavy (non-hydrogen) atoms. The molecule has 1 radical (unpaired) electrons. The minimum atomic E-state index is 0.743. The van der Waals surface area contributed by atoms with Crippen LogP contribution in [0, 0.1) is 0 Å². The van der Waals surface area contributed by atoms with Crippen LogP contribution < -0.4 is 0 Å². The average Bonchev–Trinajstić information content (AvgIpc) is 2.03. The molecule has 0 aromatic heterocycles. The lowest BCUT2D eigenvalue weighted by Gasteiger charge is -1.96. The Morgan fingerprint density at radius 3 is 2.64 bits per heavy atom. The summed E-state index contributed by atoms with van der Waals surface area (Å²) in [5.41, 5.74) is 0. The highest BCUT2D eigenvalue weighted by atomic mass is 16.6. The Morgan fingerprint density at radius 1 is 1.18 bits per heavy atom. The number of hydrogen-bond donors (Lipinski definition) is 0. The van der Waals surface area contributed by atoms with Crippen LogP contribution in [-0.4, -0.2) is 12.8 Å². The summed E-state index contributed by atoms with van der Waals surface area (Å²) in [5, 5.41) is 3.64. The van der Waals surface area contributed by atoms with Crippen molar-refractivity contribution in [2.75, 3.05) is 6.61 Å². The van der Waals surface area contributed by atoms with Gasteiger partial charge in [-0.2, -0.15) is 0 Å². The predicted molar refractivity (Wildman–Crippen MR) is 47.8 cm³/mol. The zero-order chi connectivity index (χ0) is 8.36. The Morgan fingerprint density at radius 2 is 2.00 bits per heavy atom. The van der Waals surface area contributed by atoms with Gasteiger partial charge in [0, 0.05) is 0 Å². The first kappa shape index (κ1) is 10.5. The highest BCUT2D eigenvalue weighted by Crippen LogP contribution is 1.98. The molecule has 0 aliphatic carbocycles. The van der Waals surface area contributed by atoms with Crippen LogP contribution in [0.1, 0.15) is 46.0 Å². The van der Waals surface area contributed by atoms with E-state index in [1.807, 2.05) is 6.92 Å². The van der Waals surface area contributed by atoms with Crippen LogP contribution in [0.4, 0.5) is 0 Å². The van der Waals surface area contributed by atoms with Gasteiger partial charge in [0.05, 0.1) is 0 Å². The van der Waals surface area contributed by atoms with Crippen LogP contribution in [0.15, 0.2) is 5.16 Å². The summed E-state index contributed by atoms with van der Waals surface area (Å²) in [6, 6.07) is 0. The second-order valence-corrected chi connectivity index (χ2v) is 2.50. The van der Waals surface area contributed by atoms with Crippen molar-refractivity contribution < 1.29 is 4.84 Å². The van der Waals surface area contributed by atoms with E-state index in [0.717, 1.165) is 19.4 Å². The Labute approximate surface area is 69.6 Å². The highest BCUT2D eigenvalue weighted by Gasteiger charge is 1.86. The molecule has 0 N–H and O–H groups in total. The molecule has 0 aliphatic heterocycles. The minimum absolute atomic E-state index is 0.743. The summed E-state index contributed by atoms with van der Waals surface area (Å²) < 4.78 is 0. The molecule has 2 heteroatoms. The Hall–Kier alpha value is -0.530. The van der Waals surface area contributed by atoms with Crippen LogP contribution in [0.3, 0.4) is 0 Å². The lowest BCUT2D eigenvalue weighted by atomic mass is 10.2. The van der Waals surface area contributed by atoms with Crippen LogP contribution >= 0.6 is 0 Å². The molecule has 0 saturated heterocycles. The Balaban J connectivity index is 2.85. The van der Waals surface area contributed by atoms with E-state index >= 15 is 0 Å². The van der Waals surface area contributed by atoms with Gasteiger partial charge in [0.2, 0.25) is 0 Å². The zero-order valence-electron chi connectivity index (χ0n) is 7.60. The third-order valence-electron chi connectivity index (χ3n) is 1.38. The molecule has 0 amide bonds. The Kier molecular flexibility index (Phi) is 9.01. The fraction of sp³-hybridized carbons (Fsp3) is 0.889. The van der Waals surface area contributed by atoms with Crippen LogP contribution in [-0.2, 0) is 4.84 Å². The summed E-state index contributed by atoms with van der Waals surface area (Å²) in [6.07, 6.45) is 8.50. The molecule has 0 saturated carbocycles. The van der Waals surface area contributed by atoms with Gasteiger partial charge in [0.1, 0.15) is 12.8 Å². The molecule has 0 unspecified atom stereocenters. The van der Waals surface area contributed by atoms with E-state index in [0.29, 0.717) is 0 Å². The summed E-state index contributed by atoms with van der Waals surface area (Å²) in [6.45, 7) is 4.93. The first-order valence-electron chi connectivity index (χ1n) is 4.46. The quantitative estimate of drug-likeness (QED) is 0.315. The zero-order valence-corrected chi connectivity index (χ0v) is 7.60. The van der Waals surface area contributed by atoms with Gasteiger partial charge in [-0.05, 0) is 19.3 Å². The van der Waals surface area contributed by atoms with E-state index in [1.165, 1.54) is 19.3 Å². The van der Waals surface area contributed by atoms with Crippen LogP contribution in [0.5, 0.6) is 0 Å². The minimum Gasteiger partial charge on any atom is -0.396 e. The second kappa shape index (κ2) is 9.47. The summed E-state index contributed by atoms with van der Waals surface area (Å²) in [5.74, 6) is 0. The fourth-order valence-electron chi connectivity index (χ4n) is 0.749. The van der Waals surface area contributed by atoms with E-state index in [-0.39, 0.29) is 0 Å². The fourth-order valence-corrected chi connectivity index (χ4v) is 0.749. The van der Waals surface area contributed by atoms with Crippen molar-refractivity contribution in [3.63, 3.8) is 0 Å². The maximum absolute atomic E-state index is 4.93. The average molecular weight is 156 g/mol. The van der Waals surface area contributed by atoms with Crippen molar-refractivity contribution in [1.29, 1.82) is 0 Å². The molecule has 0 atom stereocenters. The van der Waals surface area contributed by atoms with Crippen molar-refractivity contribution in [2.45, 2.75) is 46.0 Å². The number of hydrogen-bond acceptors (Lipinski definition) is 2. The molecule has 0 fully saturated rings. The maximum atomic E-state index is 4.93. The van der Waals surface area contributed by atoms with Crippen molar-refractivity contribution in [3.05, 3.63) is 0 Å². The van der Waals surface area contributed by atoms with Gasteiger partial charge >= 0.3 is 0 Å². The molecular weight excluding hydrogens is 138 g/mol. The van der Waals surface area contributed by atoms with Crippen molar-refractivity contribution in [1.82, 2.24) is 0 Å². The SMILES string of the molecule is CC/[C]=N/OCCCCCC. The predicted octanol–water partition coefficient (Wildman–Crippen LogP) is 2.86. The van der Waals surface area contributed by atoms with Crippen molar-refractivity contribution in [3.8, 4) is 0 Å². The van der Waals surface area contributed by atoms with Crippen molar-refractivity contribution in [2.24, 2.45) is 5.16 Å². The molecule has 65 valence electrons. The number of unbranched alkanes of at least 4 members (excludes halogenated alkanes) is 3. The van der Waals surface area contributed by atoms with Gasteiger partial charge in [-0.25, -0.2) is 0 Å². The van der Waals surface area contributed by atoms with E-state index < -0.39 is 0 Å². The third kappa shape index (κ3) is 9.47.